The van der Waals surface area contributed by atoms with E-state index in [9.17, 15) is 0 Å². The zero-order valence-corrected chi connectivity index (χ0v) is 7.89. The average Bonchev–Trinajstić information content (AvgIpc) is 2.02. The molecule has 2 nitrogen and oxygen atoms in total. The lowest BCUT2D eigenvalue weighted by Gasteiger charge is -2.18. The molecule has 0 aromatic carbocycles. The minimum absolute atomic E-state index is 0.293. The molecule has 65 valence electrons. The summed E-state index contributed by atoms with van der Waals surface area (Å²) in [4.78, 5) is 4.12. The predicted octanol–water partition coefficient (Wildman–Crippen LogP) is 2.34. The van der Waals surface area contributed by atoms with Gasteiger partial charge in [-0.2, -0.15) is 0 Å². The summed E-state index contributed by atoms with van der Waals surface area (Å²) in [6.07, 6.45) is 1.67. The van der Waals surface area contributed by atoms with Crippen LogP contribution in [0.25, 0.3) is 0 Å². The van der Waals surface area contributed by atoms with Crippen LogP contribution >= 0.6 is 0 Å². The highest BCUT2D eigenvalue weighted by molar-refractivity contribution is 5.32. The summed E-state index contributed by atoms with van der Waals surface area (Å²) in [5, 5.41) is 3.25. The van der Waals surface area contributed by atoms with Gasteiger partial charge in [0.2, 0.25) is 0 Å². The van der Waals surface area contributed by atoms with Crippen molar-refractivity contribution in [3.63, 3.8) is 0 Å². The topological polar surface area (TPSA) is 24.9 Å². The molecule has 0 aliphatic rings. The van der Waals surface area contributed by atoms with Gasteiger partial charge in [-0.1, -0.05) is 20.8 Å². The highest BCUT2D eigenvalue weighted by Gasteiger charge is 2.08. The van der Waals surface area contributed by atoms with E-state index in [0.717, 1.165) is 12.4 Å². The number of rotatable bonds is 2. The van der Waals surface area contributed by atoms with Crippen LogP contribution in [0.1, 0.15) is 20.8 Å². The molecular formula is C10H15N2. The highest BCUT2D eigenvalue weighted by Crippen LogP contribution is 2.13. The molecule has 0 spiro atoms. The standard InChI is InChI=1S/C10H15N2/c1-10(2,3)8-12-9-6-4-5-7-11-9/h4,6-7H,8H2,1-3H3,(H,11,12). The van der Waals surface area contributed by atoms with Gasteiger partial charge in [0.15, 0.2) is 0 Å². The largest absolute Gasteiger partial charge is 0.370 e. The number of aromatic nitrogens is 1. The van der Waals surface area contributed by atoms with Crippen LogP contribution in [-0.4, -0.2) is 11.5 Å². The van der Waals surface area contributed by atoms with Crippen LogP contribution in [0.3, 0.4) is 0 Å². The predicted molar refractivity (Wildman–Crippen MR) is 51.0 cm³/mol. The van der Waals surface area contributed by atoms with E-state index >= 15 is 0 Å². The zero-order chi connectivity index (χ0) is 9.03. The lowest BCUT2D eigenvalue weighted by molar-refractivity contribution is 0.442. The van der Waals surface area contributed by atoms with E-state index in [1.54, 1.807) is 6.20 Å². The summed E-state index contributed by atoms with van der Waals surface area (Å²) < 4.78 is 0. The number of pyridine rings is 1. The van der Waals surface area contributed by atoms with E-state index in [1.165, 1.54) is 0 Å². The van der Waals surface area contributed by atoms with E-state index in [1.807, 2.05) is 12.1 Å². The van der Waals surface area contributed by atoms with Crippen LogP contribution in [0.5, 0.6) is 0 Å². The van der Waals surface area contributed by atoms with Gasteiger partial charge in [-0.25, -0.2) is 4.98 Å². The molecule has 12 heavy (non-hydrogen) atoms. The Morgan fingerprint density at radius 2 is 2.25 bits per heavy atom. The second-order valence-electron chi connectivity index (χ2n) is 4.06. The van der Waals surface area contributed by atoms with E-state index in [0.29, 0.717) is 5.41 Å². The minimum Gasteiger partial charge on any atom is -0.370 e. The van der Waals surface area contributed by atoms with Gasteiger partial charge in [0, 0.05) is 18.8 Å². The van der Waals surface area contributed by atoms with Crippen LogP contribution in [0.4, 0.5) is 5.82 Å². The maximum atomic E-state index is 4.12. The molecule has 0 amide bonds. The molecule has 1 N–H and O–H groups in total. The van der Waals surface area contributed by atoms with Crippen LogP contribution in [0.15, 0.2) is 18.3 Å². The number of anilines is 1. The molecule has 0 aliphatic carbocycles. The molecule has 0 bridgehead atoms. The monoisotopic (exact) mass is 163 g/mol. The summed E-state index contributed by atoms with van der Waals surface area (Å²) in [5.41, 5.74) is 0.293. The summed E-state index contributed by atoms with van der Waals surface area (Å²) in [6.45, 7) is 7.50. The molecule has 0 aliphatic heterocycles. The molecule has 1 rings (SSSR count). The molecule has 0 unspecified atom stereocenters. The second-order valence-corrected chi connectivity index (χ2v) is 4.06. The van der Waals surface area contributed by atoms with Crippen molar-refractivity contribution in [3.05, 3.63) is 24.4 Å². The molecule has 0 saturated heterocycles. The third-order valence-corrected chi connectivity index (χ3v) is 1.42. The molecule has 1 radical (unpaired) electrons. The fourth-order valence-electron chi connectivity index (χ4n) is 0.780. The molecular weight excluding hydrogens is 148 g/mol. The number of nitrogens with zero attached hydrogens (tertiary/aromatic N) is 1. The van der Waals surface area contributed by atoms with Gasteiger partial charge in [-0.05, 0) is 17.5 Å². The Morgan fingerprint density at radius 3 is 2.75 bits per heavy atom. The van der Waals surface area contributed by atoms with Crippen molar-refractivity contribution in [2.75, 3.05) is 11.9 Å². The normalized spacial score (nSPS) is 11.2. The first-order chi connectivity index (χ1) is 5.58. The Bertz CT molecular complexity index is 223. The number of hydrogen-bond donors (Lipinski definition) is 1. The molecule has 0 fully saturated rings. The maximum Gasteiger partial charge on any atom is 0.125 e. The first-order valence-electron chi connectivity index (χ1n) is 4.14. The van der Waals surface area contributed by atoms with E-state index in [2.05, 4.69) is 37.1 Å². The summed E-state index contributed by atoms with van der Waals surface area (Å²) in [6, 6.07) is 6.66. The van der Waals surface area contributed by atoms with E-state index < -0.39 is 0 Å². The zero-order valence-electron chi connectivity index (χ0n) is 7.89. The van der Waals surface area contributed by atoms with Gasteiger partial charge in [0.05, 0.1) is 0 Å². The summed E-state index contributed by atoms with van der Waals surface area (Å²) in [7, 11) is 0. The average molecular weight is 163 g/mol. The van der Waals surface area contributed by atoms with Gasteiger partial charge < -0.3 is 5.32 Å². The molecule has 1 aromatic heterocycles. The fraction of sp³-hybridized carbons (Fsp3) is 0.500. The Kier molecular flexibility index (Phi) is 2.69. The molecule has 0 atom stereocenters. The number of nitrogens with one attached hydrogen (secondary N) is 1. The molecule has 0 saturated carbocycles. The lowest BCUT2D eigenvalue weighted by Crippen LogP contribution is -2.19. The van der Waals surface area contributed by atoms with E-state index in [-0.39, 0.29) is 0 Å². The Labute approximate surface area is 74.0 Å². The highest BCUT2D eigenvalue weighted by atomic mass is 15.0. The van der Waals surface area contributed by atoms with Gasteiger partial charge in [-0.3, -0.25) is 0 Å². The van der Waals surface area contributed by atoms with Crippen molar-refractivity contribution in [2.45, 2.75) is 20.8 Å². The second kappa shape index (κ2) is 3.57. The molecule has 1 heterocycles. The van der Waals surface area contributed by atoms with Crippen molar-refractivity contribution < 1.29 is 0 Å². The third-order valence-electron chi connectivity index (χ3n) is 1.42. The molecule has 1 aromatic rings. The first-order valence-corrected chi connectivity index (χ1v) is 4.14. The Hall–Kier alpha value is -1.05. The smallest absolute Gasteiger partial charge is 0.125 e. The van der Waals surface area contributed by atoms with Crippen molar-refractivity contribution >= 4 is 5.82 Å². The van der Waals surface area contributed by atoms with Gasteiger partial charge in [0.25, 0.3) is 0 Å². The first kappa shape index (κ1) is 9.04. The van der Waals surface area contributed by atoms with Crippen molar-refractivity contribution in [1.82, 2.24) is 4.98 Å². The quantitative estimate of drug-likeness (QED) is 0.723. The van der Waals surface area contributed by atoms with Gasteiger partial charge in [0.1, 0.15) is 5.82 Å². The summed E-state index contributed by atoms with van der Waals surface area (Å²) in [5.74, 6) is 0.920. The Morgan fingerprint density at radius 1 is 1.50 bits per heavy atom. The van der Waals surface area contributed by atoms with Crippen molar-refractivity contribution in [1.29, 1.82) is 0 Å². The van der Waals surface area contributed by atoms with E-state index in [4.69, 9.17) is 0 Å². The van der Waals surface area contributed by atoms with Crippen molar-refractivity contribution in [3.8, 4) is 0 Å². The minimum atomic E-state index is 0.293. The Balaban J connectivity index is 2.44. The summed E-state index contributed by atoms with van der Waals surface area (Å²) >= 11 is 0. The lowest BCUT2D eigenvalue weighted by atomic mass is 9.97. The van der Waals surface area contributed by atoms with Gasteiger partial charge in [-0.15, -0.1) is 0 Å². The van der Waals surface area contributed by atoms with Gasteiger partial charge >= 0.3 is 0 Å². The van der Waals surface area contributed by atoms with Crippen LogP contribution in [0, 0.1) is 11.5 Å². The maximum absolute atomic E-state index is 4.12. The molecule has 2 heteroatoms. The van der Waals surface area contributed by atoms with Crippen LogP contribution in [0.2, 0.25) is 0 Å². The third kappa shape index (κ3) is 3.37. The SMILES string of the molecule is CC(C)(C)CNc1cc[c]cn1. The number of hydrogen-bond acceptors (Lipinski definition) is 2. The van der Waals surface area contributed by atoms with Crippen LogP contribution < -0.4 is 5.32 Å². The van der Waals surface area contributed by atoms with Crippen molar-refractivity contribution in [2.24, 2.45) is 5.41 Å². The fourth-order valence-corrected chi connectivity index (χ4v) is 0.780. The van der Waals surface area contributed by atoms with Crippen LogP contribution in [-0.2, 0) is 0 Å².